The molecule has 0 amide bonds. The van der Waals surface area contributed by atoms with E-state index in [2.05, 4.69) is 4.98 Å². The molecule has 1 aromatic heterocycles. The lowest BCUT2D eigenvalue weighted by Crippen LogP contribution is -2.07. The van der Waals surface area contributed by atoms with Crippen LogP contribution >= 0.6 is 0 Å². The summed E-state index contributed by atoms with van der Waals surface area (Å²) in [5, 5.41) is 36.6. The molecule has 0 aliphatic rings. The van der Waals surface area contributed by atoms with Gasteiger partial charge >= 0.3 is 23.9 Å². The van der Waals surface area contributed by atoms with E-state index in [9.17, 15) is 19.2 Å². The van der Waals surface area contributed by atoms with Gasteiger partial charge < -0.3 is 29.9 Å². The molecule has 0 unspecified atom stereocenters. The lowest BCUT2D eigenvalue weighted by Gasteiger charge is -2.10. The minimum absolute atomic E-state index is 0.0347. The highest BCUT2D eigenvalue weighted by Crippen LogP contribution is 2.21. The van der Waals surface area contributed by atoms with Crippen LogP contribution in [0.4, 0.5) is 0 Å². The Kier molecular flexibility index (Phi) is 7.07. The maximum Gasteiger partial charge on any atom is 0.335 e. The highest BCUT2D eigenvalue weighted by molar-refractivity contribution is 5.95. The first-order chi connectivity index (χ1) is 16.1. The number of ether oxygens (including phenoxy) is 2. The molecule has 0 spiro atoms. The highest BCUT2D eigenvalue weighted by Gasteiger charge is 2.14. The van der Waals surface area contributed by atoms with Crippen molar-refractivity contribution in [3.8, 4) is 11.5 Å². The minimum Gasteiger partial charge on any atom is -0.487 e. The highest BCUT2D eigenvalue weighted by atomic mass is 16.5. The SMILES string of the molecule is O=C(O)c1cc(OCc2cccc(COc3cc(C(=O)O)cc(C(=O)O)c3)n2)cc(C(=O)O)c1. The summed E-state index contributed by atoms with van der Waals surface area (Å²) in [7, 11) is 0. The molecule has 174 valence electrons. The van der Waals surface area contributed by atoms with Crippen LogP contribution in [-0.2, 0) is 13.2 Å². The van der Waals surface area contributed by atoms with E-state index in [0.717, 1.165) is 12.1 Å². The normalized spacial score (nSPS) is 10.4. The lowest BCUT2D eigenvalue weighted by atomic mass is 10.1. The summed E-state index contributed by atoms with van der Waals surface area (Å²) in [6.07, 6.45) is 0. The van der Waals surface area contributed by atoms with E-state index < -0.39 is 23.9 Å². The van der Waals surface area contributed by atoms with Crippen LogP contribution in [0, 0.1) is 0 Å². The van der Waals surface area contributed by atoms with E-state index in [1.54, 1.807) is 18.2 Å². The van der Waals surface area contributed by atoms with Crippen LogP contribution in [-0.4, -0.2) is 49.3 Å². The molecule has 0 saturated carbocycles. The molecule has 1 heterocycles. The smallest absolute Gasteiger partial charge is 0.335 e. The zero-order chi connectivity index (χ0) is 24.8. The van der Waals surface area contributed by atoms with Crippen LogP contribution in [0.15, 0.2) is 54.6 Å². The molecule has 0 atom stereocenters. The Morgan fingerprint density at radius 3 is 1.21 bits per heavy atom. The molecule has 4 N–H and O–H groups in total. The first-order valence-corrected chi connectivity index (χ1v) is 9.56. The molecule has 11 nitrogen and oxygen atoms in total. The predicted molar refractivity (Wildman–Crippen MR) is 114 cm³/mol. The van der Waals surface area contributed by atoms with E-state index >= 15 is 0 Å². The molecule has 0 fully saturated rings. The number of aromatic nitrogens is 1. The second kappa shape index (κ2) is 10.1. The molecule has 0 saturated heterocycles. The van der Waals surface area contributed by atoms with E-state index in [1.165, 1.54) is 24.3 Å². The fourth-order valence-electron chi connectivity index (χ4n) is 2.86. The molecule has 3 rings (SSSR count). The van der Waals surface area contributed by atoms with Crippen LogP contribution < -0.4 is 9.47 Å². The van der Waals surface area contributed by atoms with Crippen LogP contribution in [0.3, 0.4) is 0 Å². The van der Waals surface area contributed by atoms with Crippen LogP contribution in [0.25, 0.3) is 0 Å². The number of carboxylic acid groups (broad SMARTS) is 4. The maximum absolute atomic E-state index is 11.2. The number of carbonyl (C=O) groups is 4. The summed E-state index contributed by atoms with van der Waals surface area (Å²) < 4.78 is 11.0. The van der Waals surface area contributed by atoms with Gasteiger partial charge in [0.2, 0.25) is 0 Å². The topological polar surface area (TPSA) is 181 Å². The molecule has 34 heavy (non-hydrogen) atoms. The van der Waals surface area contributed by atoms with E-state index in [1.807, 2.05) is 0 Å². The van der Waals surface area contributed by atoms with Crippen molar-refractivity contribution in [3.05, 3.63) is 88.2 Å². The van der Waals surface area contributed by atoms with Gasteiger partial charge in [-0.15, -0.1) is 0 Å². The Balaban J connectivity index is 1.72. The summed E-state index contributed by atoms with van der Waals surface area (Å²) in [5.41, 5.74) is -0.124. The average Bonchev–Trinajstić information content (AvgIpc) is 2.81. The average molecular weight is 467 g/mol. The first kappa shape index (κ1) is 23.7. The summed E-state index contributed by atoms with van der Waals surface area (Å²) in [6.45, 7) is -0.207. The van der Waals surface area contributed by atoms with Gasteiger partial charge in [0.15, 0.2) is 0 Å². The third-order valence-corrected chi connectivity index (χ3v) is 4.44. The van der Waals surface area contributed by atoms with Gasteiger partial charge in [-0.3, -0.25) is 4.98 Å². The zero-order valence-electron chi connectivity index (χ0n) is 17.3. The summed E-state index contributed by atoms with van der Waals surface area (Å²) in [5.74, 6) is -5.14. The Hall–Kier alpha value is -4.93. The van der Waals surface area contributed by atoms with Gasteiger partial charge in [-0.1, -0.05) is 6.07 Å². The molecule has 0 aliphatic carbocycles. The third-order valence-electron chi connectivity index (χ3n) is 4.44. The van der Waals surface area contributed by atoms with Gasteiger partial charge in [0.25, 0.3) is 0 Å². The first-order valence-electron chi connectivity index (χ1n) is 9.56. The predicted octanol–water partition coefficient (Wildman–Crippen LogP) is 3.03. The quantitative estimate of drug-likeness (QED) is 0.344. The molecular formula is C23H17NO10. The van der Waals surface area contributed by atoms with Gasteiger partial charge in [-0.05, 0) is 48.5 Å². The maximum atomic E-state index is 11.2. The van der Waals surface area contributed by atoms with E-state index in [4.69, 9.17) is 29.9 Å². The number of aromatic carboxylic acids is 4. The standard InChI is InChI=1S/C23H17NO10/c25-20(26)12-4-13(21(27)28)7-18(6-12)33-10-16-2-1-3-17(24-16)11-34-19-8-14(22(29)30)5-15(9-19)23(31)32/h1-9H,10-11H2,(H,25,26)(H,27,28)(H,29,30)(H,31,32). The van der Waals surface area contributed by atoms with Gasteiger partial charge in [0.05, 0.1) is 33.6 Å². The fraction of sp³-hybridized carbons (Fsp3) is 0.0870. The molecular weight excluding hydrogens is 450 g/mol. The second-order valence-electron chi connectivity index (χ2n) is 6.91. The van der Waals surface area contributed by atoms with Gasteiger partial charge in [-0.25, -0.2) is 19.2 Å². The van der Waals surface area contributed by atoms with Gasteiger partial charge in [0.1, 0.15) is 24.7 Å². The number of nitrogens with zero attached hydrogens (tertiary/aromatic N) is 1. The van der Waals surface area contributed by atoms with Crippen molar-refractivity contribution in [2.45, 2.75) is 13.2 Å². The van der Waals surface area contributed by atoms with Crippen molar-refractivity contribution in [1.82, 2.24) is 4.98 Å². The number of carboxylic acids is 4. The van der Waals surface area contributed by atoms with Crippen molar-refractivity contribution >= 4 is 23.9 Å². The van der Waals surface area contributed by atoms with Crippen molar-refractivity contribution < 1.29 is 49.1 Å². The molecule has 3 aromatic rings. The summed E-state index contributed by atoms with van der Waals surface area (Å²) in [6, 6.07) is 11.7. The van der Waals surface area contributed by atoms with Gasteiger partial charge in [-0.2, -0.15) is 0 Å². The Bertz CT molecular complexity index is 1130. The van der Waals surface area contributed by atoms with E-state index in [0.29, 0.717) is 11.4 Å². The number of hydrogen-bond donors (Lipinski definition) is 4. The number of rotatable bonds is 10. The third kappa shape index (κ3) is 6.07. The second-order valence-corrected chi connectivity index (χ2v) is 6.91. The van der Waals surface area contributed by atoms with Crippen LogP contribution in [0.1, 0.15) is 52.8 Å². The van der Waals surface area contributed by atoms with Crippen LogP contribution in [0.2, 0.25) is 0 Å². The Morgan fingerprint density at radius 2 is 0.912 bits per heavy atom. The van der Waals surface area contributed by atoms with Crippen LogP contribution in [0.5, 0.6) is 11.5 Å². The summed E-state index contributed by atoms with van der Waals surface area (Å²) >= 11 is 0. The lowest BCUT2D eigenvalue weighted by molar-refractivity contribution is 0.0675. The fourth-order valence-corrected chi connectivity index (χ4v) is 2.86. The monoisotopic (exact) mass is 467 g/mol. The molecule has 0 bridgehead atoms. The largest absolute Gasteiger partial charge is 0.487 e. The van der Waals surface area contributed by atoms with E-state index in [-0.39, 0.29) is 47.0 Å². The Labute approximate surface area is 191 Å². The van der Waals surface area contributed by atoms with Gasteiger partial charge in [0, 0.05) is 0 Å². The van der Waals surface area contributed by atoms with Crippen molar-refractivity contribution in [2.24, 2.45) is 0 Å². The Morgan fingerprint density at radius 1 is 0.588 bits per heavy atom. The number of pyridine rings is 1. The molecule has 2 aromatic carbocycles. The number of hydrogen-bond acceptors (Lipinski definition) is 7. The van der Waals surface area contributed by atoms with Crippen molar-refractivity contribution in [1.29, 1.82) is 0 Å². The van der Waals surface area contributed by atoms with Crippen molar-refractivity contribution in [3.63, 3.8) is 0 Å². The van der Waals surface area contributed by atoms with Crippen molar-refractivity contribution in [2.75, 3.05) is 0 Å². The molecule has 11 heteroatoms. The molecule has 0 radical (unpaired) electrons. The number of benzene rings is 2. The summed E-state index contributed by atoms with van der Waals surface area (Å²) in [4.78, 5) is 49.2. The minimum atomic E-state index is -1.30. The molecule has 0 aliphatic heterocycles. The zero-order valence-corrected chi connectivity index (χ0v) is 17.3.